The highest BCUT2D eigenvalue weighted by Crippen LogP contribution is 2.13. The van der Waals surface area contributed by atoms with Gasteiger partial charge >= 0.3 is 0 Å². The van der Waals surface area contributed by atoms with Gasteiger partial charge in [0, 0.05) is 10.8 Å². The first-order valence-corrected chi connectivity index (χ1v) is 6.51. The summed E-state index contributed by atoms with van der Waals surface area (Å²) in [5, 5.41) is 7.91. The summed E-state index contributed by atoms with van der Waals surface area (Å²) in [5.74, 6) is 0. The third kappa shape index (κ3) is 3.02. The number of nitrogen functional groups attached to an aromatic ring is 2. The summed E-state index contributed by atoms with van der Waals surface area (Å²) < 4.78 is 0. The second-order valence-corrected chi connectivity index (χ2v) is 4.90. The molecule has 94 valence electrons. The van der Waals surface area contributed by atoms with Crippen LogP contribution in [0.3, 0.4) is 0 Å². The fourth-order valence-corrected chi connectivity index (χ4v) is 2.20. The van der Waals surface area contributed by atoms with Crippen molar-refractivity contribution in [1.29, 1.82) is 0 Å². The smallest absolute Gasteiger partial charge is 0.180 e. The molecule has 0 aliphatic carbocycles. The molecular formula is C9H9N5O2S2. The summed E-state index contributed by atoms with van der Waals surface area (Å²) in [4.78, 5) is 23.8. The molecule has 0 saturated carbocycles. The number of hydrogen-bond acceptors (Lipinski definition) is 9. The molecule has 2 aromatic heterocycles. The predicted molar refractivity (Wildman–Crippen MR) is 70.4 cm³/mol. The number of nitrogens with zero attached hydrogens (tertiary/aromatic N) is 3. The largest absolute Gasteiger partial charge is 0.389 e. The Hall–Kier alpha value is -2.00. The van der Waals surface area contributed by atoms with Crippen LogP contribution in [0, 0.1) is 0 Å². The van der Waals surface area contributed by atoms with Crippen molar-refractivity contribution >= 4 is 44.9 Å². The Morgan fingerprint density at radius 3 is 2.61 bits per heavy atom. The number of thiazole rings is 2. The van der Waals surface area contributed by atoms with Crippen molar-refractivity contribution in [2.45, 2.75) is 6.61 Å². The zero-order valence-electron chi connectivity index (χ0n) is 9.07. The molecule has 0 radical (unpaired) electrons. The van der Waals surface area contributed by atoms with Crippen LogP contribution in [0.15, 0.2) is 15.9 Å². The van der Waals surface area contributed by atoms with E-state index in [1.165, 1.54) is 22.7 Å². The van der Waals surface area contributed by atoms with Crippen molar-refractivity contribution in [2.24, 2.45) is 5.16 Å². The number of nitrogens with two attached hydrogens (primary N) is 2. The van der Waals surface area contributed by atoms with Gasteiger partial charge in [0.2, 0.25) is 0 Å². The Kier molecular flexibility index (Phi) is 3.85. The maximum atomic E-state index is 10.8. The van der Waals surface area contributed by atoms with E-state index in [-0.39, 0.29) is 12.3 Å². The van der Waals surface area contributed by atoms with Crippen LogP contribution in [0.4, 0.5) is 10.3 Å². The summed E-state index contributed by atoms with van der Waals surface area (Å²) in [6.45, 7) is 0.144. The monoisotopic (exact) mass is 283 g/mol. The van der Waals surface area contributed by atoms with Gasteiger partial charge in [-0.05, 0) is 0 Å². The SMILES string of the molecule is Nc1nc(CON=C(C=O)c2csc(N)n2)cs1. The Morgan fingerprint density at radius 2 is 2.06 bits per heavy atom. The van der Waals surface area contributed by atoms with Gasteiger partial charge in [-0.25, -0.2) is 9.97 Å². The van der Waals surface area contributed by atoms with Crippen molar-refractivity contribution in [2.75, 3.05) is 11.5 Å². The van der Waals surface area contributed by atoms with E-state index in [1.807, 2.05) is 0 Å². The molecule has 0 saturated heterocycles. The molecule has 0 bridgehead atoms. The molecule has 9 heteroatoms. The highest BCUT2D eigenvalue weighted by molar-refractivity contribution is 7.13. The minimum absolute atomic E-state index is 0.0890. The summed E-state index contributed by atoms with van der Waals surface area (Å²) >= 11 is 2.54. The van der Waals surface area contributed by atoms with Crippen LogP contribution in [0.2, 0.25) is 0 Å². The molecule has 2 aromatic rings. The molecule has 0 unspecified atom stereocenters. The van der Waals surface area contributed by atoms with Gasteiger partial charge < -0.3 is 16.3 Å². The molecule has 2 rings (SSSR count). The Labute approximate surface area is 110 Å². The number of carbonyl (C=O) groups is 1. The molecule has 0 fully saturated rings. The second-order valence-electron chi connectivity index (χ2n) is 3.12. The van der Waals surface area contributed by atoms with Crippen molar-refractivity contribution in [3.05, 3.63) is 22.1 Å². The van der Waals surface area contributed by atoms with Crippen LogP contribution < -0.4 is 11.5 Å². The Morgan fingerprint density at radius 1 is 1.33 bits per heavy atom. The van der Waals surface area contributed by atoms with Gasteiger partial charge in [0.05, 0.1) is 5.69 Å². The summed E-state index contributed by atoms with van der Waals surface area (Å²) in [5.41, 5.74) is 12.1. The van der Waals surface area contributed by atoms with E-state index in [4.69, 9.17) is 16.3 Å². The van der Waals surface area contributed by atoms with E-state index < -0.39 is 0 Å². The van der Waals surface area contributed by atoms with E-state index in [0.29, 0.717) is 27.9 Å². The quantitative estimate of drug-likeness (QED) is 0.478. The van der Waals surface area contributed by atoms with E-state index >= 15 is 0 Å². The average Bonchev–Trinajstić information content (AvgIpc) is 2.94. The molecule has 0 aliphatic rings. The number of anilines is 2. The first-order valence-electron chi connectivity index (χ1n) is 4.75. The van der Waals surface area contributed by atoms with Crippen molar-refractivity contribution in [3.63, 3.8) is 0 Å². The first-order chi connectivity index (χ1) is 8.69. The highest BCUT2D eigenvalue weighted by atomic mass is 32.1. The van der Waals surface area contributed by atoms with Gasteiger partial charge in [-0.1, -0.05) is 5.16 Å². The minimum Gasteiger partial charge on any atom is -0.389 e. The maximum Gasteiger partial charge on any atom is 0.180 e. The number of carbonyl (C=O) groups excluding carboxylic acids is 1. The van der Waals surface area contributed by atoms with E-state index in [1.54, 1.807) is 10.8 Å². The van der Waals surface area contributed by atoms with Gasteiger partial charge in [-0.3, -0.25) is 4.79 Å². The first kappa shape index (κ1) is 12.5. The number of oxime groups is 1. The van der Waals surface area contributed by atoms with Crippen molar-refractivity contribution in [1.82, 2.24) is 9.97 Å². The molecule has 18 heavy (non-hydrogen) atoms. The number of hydrogen-bond donors (Lipinski definition) is 2. The molecule has 0 aromatic carbocycles. The average molecular weight is 283 g/mol. The summed E-state index contributed by atoms with van der Waals surface area (Å²) in [7, 11) is 0. The maximum absolute atomic E-state index is 10.8. The molecule has 0 aliphatic heterocycles. The highest BCUT2D eigenvalue weighted by Gasteiger charge is 2.07. The van der Waals surface area contributed by atoms with E-state index in [2.05, 4.69) is 15.1 Å². The van der Waals surface area contributed by atoms with Gasteiger partial charge in [-0.15, -0.1) is 22.7 Å². The molecule has 0 atom stereocenters. The number of aromatic nitrogens is 2. The second kappa shape index (κ2) is 5.56. The lowest BCUT2D eigenvalue weighted by molar-refractivity contribution is -0.102. The van der Waals surface area contributed by atoms with Crippen LogP contribution in [-0.4, -0.2) is 22.0 Å². The van der Waals surface area contributed by atoms with Gasteiger partial charge in [0.1, 0.15) is 5.69 Å². The van der Waals surface area contributed by atoms with Crippen LogP contribution in [0.1, 0.15) is 11.4 Å². The zero-order valence-corrected chi connectivity index (χ0v) is 10.7. The molecule has 7 nitrogen and oxygen atoms in total. The van der Waals surface area contributed by atoms with Crippen LogP contribution in [0.5, 0.6) is 0 Å². The third-order valence-corrected chi connectivity index (χ3v) is 3.24. The number of aldehydes is 1. The van der Waals surface area contributed by atoms with Crippen molar-refractivity contribution in [3.8, 4) is 0 Å². The Balaban J connectivity index is 2.00. The molecular weight excluding hydrogens is 274 g/mol. The third-order valence-electron chi connectivity index (χ3n) is 1.84. The van der Waals surface area contributed by atoms with Gasteiger partial charge in [0.25, 0.3) is 0 Å². The lowest BCUT2D eigenvalue weighted by Crippen LogP contribution is -2.04. The lowest BCUT2D eigenvalue weighted by Gasteiger charge is -1.96. The summed E-state index contributed by atoms with van der Waals surface area (Å²) in [6, 6.07) is 0. The molecule has 2 heterocycles. The van der Waals surface area contributed by atoms with Gasteiger partial charge in [-0.2, -0.15) is 0 Å². The van der Waals surface area contributed by atoms with E-state index in [9.17, 15) is 4.79 Å². The van der Waals surface area contributed by atoms with Crippen molar-refractivity contribution < 1.29 is 9.63 Å². The summed E-state index contributed by atoms with van der Waals surface area (Å²) in [6.07, 6.45) is 0.559. The lowest BCUT2D eigenvalue weighted by atomic mass is 10.3. The molecule has 0 spiro atoms. The normalized spacial score (nSPS) is 11.4. The minimum atomic E-state index is 0.0890. The molecule has 4 N–H and O–H groups in total. The zero-order chi connectivity index (χ0) is 13.0. The fourth-order valence-electron chi connectivity index (χ4n) is 1.09. The van der Waals surface area contributed by atoms with Crippen LogP contribution in [-0.2, 0) is 16.2 Å². The van der Waals surface area contributed by atoms with E-state index in [0.717, 1.165) is 0 Å². The number of rotatable bonds is 5. The standard InChI is InChI=1S/C9H9N5O2S2/c10-8-12-5(3-17-8)2-16-14-6(1-15)7-4-18-9(11)13-7/h1,3-4H,2H2,(H2,10,12)(H2,11,13). The topological polar surface area (TPSA) is 116 Å². The predicted octanol–water partition coefficient (Wildman–Crippen LogP) is 0.884. The molecule has 0 amide bonds. The Bertz CT molecular complexity index is 577. The van der Waals surface area contributed by atoms with Crippen LogP contribution in [0.25, 0.3) is 0 Å². The van der Waals surface area contributed by atoms with Crippen LogP contribution >= 0.6 is 22.7 Å². The fraction of sp³-hybridized carbons (Fsp3) is 0.111. The van der Waals surface area contributed by atoms with Gasteiger partial charge in [0.15, 0.2) is 28.9 Å².